The van der Waals surface area contributed by atoms with E-state index in [9.17, 15) is 0 Å². The fraction of sp³-hybridized carbons (Fsp3) is 0.700. The fourth-order valence-electron chi connectivity index (χ4n) is 2.31. The first kappa shape index (κ1) is 20.6. The third kappa shape index (κ3) is 9.64. The summed E-state index contributed by atoms with van der Waals surface area (Å²) in [5.41, 5.74) is 5.62. The van der Waals surface area contributed by atoms with Crippen molar-refractivity contribution in [3.8, 4) is 11.8 Å². The Labute approximate surface area is 147 Å². The number of ether oxygens (including phenoxy) is 3. The number of hydrogen-bond donors (Lipinski definition) is 1. The maximum Gasteiger partial charge on any atom is 0.134 e. The van der Waals surface area contributed by atoms with Crippen molar-refractivity contribution in [2.75, 3.05) is 6.61 Å². The van der Waals surface area contributed by atoms with E-state index in [0.717, 1.165) is 32.3 Å². The summed E-state index contributed by atoms with van der Waals surface area (Å²) < 4.78 is 17.0. The Kier molecular flexibility index (Phi) is 10.3. The number of allylic oxidation sites excluding steroid dienone is 2. The molecule has 0 amide bonds. The maximum atomic E-state index is 5.83. The first-order chi connectivity index (χ1) is 11.5. The normalized spacial score (nSPS) is 21.0. The molecule has 1 rings (SSSR count). The largest absolute Gasteiger partial charge is 0.489 e. The SMILES string of the molecule is CC(C)OCCCC#CC/C=C\C(=C/N)OC1CC(OC(C)C)C1. The van der Waals surface area contributed by atoms with Gasteiger partial charge in [0.2, 0.25) is 0 Å². The molecule has 0 saturated heterocycles. The minimum atomic E-state index is 0.209. The van der Waals surface area contributed by atoms with Crippen LogP contribution in [0, 0.1) is 11.8 Å². The van der Waals surface area contributed by atoms with Crippen LogP contribution in [0.25, 0.3) is 0 Å². The summed E-state index contributed by atoms with van der Waals surface area (Å²) in [5, 5.41) is 0. The van der Waals surface area contributed by atoms with Crippen molar-refractivity contribution in [1.82, 2.24) is 0 Å². The summed E-state index contributed by atoms with van der Waals surface area (Å²) in [6.45, 7) is 8.98. The lowest BCUT2D eigenvalue weighted by molar-refractivity contribution is -0.101. The molecular weight excluding hydrogens is 302 g/mol. The zero-order valence-corrected chi connectivity index (χ0v) is 15.6. The van der Waals surface area contributed by atoms with Gasteiger partial charge in [0.15, 0.2) is 0 Å². The molecule has 0 spiro atoms. The van der Waals surface area contributed by atoms with E-state index in [1.165, 1.54) is 6.20 Å². The van der Waals surface area contributed by atoms with E-state index in [4.69, 9.17) is 19.9 Å². The molecule has 0 atom stereocenters. The van der Waals surface area contributed by atoms with Gasteiger partial charge in [-0.05, 0) is 40.2 Å². The average Bonchev–Trinajstić information content (AvgIpc) is 2.48. The van der Waals surface area contributed by atoms with Gasteiger partial charge in [-0.2, -0.15) is 0 Å². The minimum Gasteiger partial charge on any atom is -0.489 e. The summed E-state index contributed by atoms with van der Waals surface area (Å²) in [6, 6.07) is 0. The van der Waals surface area contributed by atoms with Crippen molar-refractivity contribution in [2.45, 2.75) is 84.2 Å². The molecule has 24 heavy (non-hydrogen) atoms. The molecular formula is C20H33NO3. The number of nitrogens with two attached hydrogens (primary N) is 1. The van der Waals surface area contributed by atoms with Gasteiger partial charge >= 0.3 is 0 Å². The molecule has 0 aromatic heterocycles. The van der Waals surface area contributed by atoms with E-state index in [1.54, 1.807) is 0 Å². The number of unbranched alkanes of at least 4 members (excludes halogenated alkanes) is 1. The van der Waals surface area contributed by atoms with Gasteiger partial charge in [-0.3, -0.25) is 0 Å². The molecule has 4 nitrogen and oxygen atoms in total. The van der Waals surface area contributed by atoms with Crippen LogP contribution in [0.4, 0.5) is 0 Å². The molecule has 0 radical (unpaired) electrons. The van der Waals surface area contributed by atoms with Crippen molar-refractivity contribution >= 4 is 0 Å². The zero-order chi connectivity index (χ0) is 17.8. The Morgan fingerprint density at radius 1 is 1.12 bits per heavy atom. The van der Waals surface area contributed by atoms with Crippen molar-refractivity contribution in [3.05, 3.63) is 24.1 Å². The second-order valence-electron chi connectivity index (χ2n) is 6.57. The molecule has 0 aromatic carbocycles. The predicted molar refractivity (Wildman–Crippen MR) is 98.2 cm³/mol. The van der Waals surface area contributed by atoms with Gasteiger partial charge < -0.3 is 19.9 Å². The molecule has 4 heteroatoms. The van der Waals surface area contributed by atoms with E-state index in [-0.39, 0.29) is 12.2 Å². The molecule has 1 saturated carbocycles. The second-order valence-corrected chi connectivity index (χ2v) is 6.57. The van der Waals surface area contributed by atoms with Crippen LogP contribution in [0.5, 0.6) is 0 Å². The highest BCUT2D eigenvalue weighted by molar-refractivity contribution is 5.15. The molecule has 1 aliphatic rings. The first-order valence-corrected chi connectivity index (χ1v) is 8.99. The molecule has 1 aliphatic carbocycles. The average molecular weight is 335 g/mol. The van der Waals surface area contributed by atoms with Gasteiger partial charge in [0.05, 0.1) is 18.3 Å². The van der Waals surface area contributed by atoms with Crippen LogP contribution in [0.1, 0.15) is 59.8 Å². The molecule has 0 aliphatic heterocycles. The first-order valence-electron chi connectivity index (χ1n) is 8.99. The van der Waals surface area contributed by atoms with Crippen LogP contribution < -0.4 is 5.73 Å². The fourth-order valence-corrected chi connectivity index (χ4v) is 2.31. The standard InChI is InChI=1S/C20H33NO3/c1-16(2)22-12-10-8-6-5-7-9-11-18(15-21)24-20-13-19(14-20)23-17(3)4/h9,11,15-17,19-20H,7-8,10,12-14,21H2,1-4H3/b11-9-,18-15+. The topological polar surface area (TPSA) is 53.7 Å². The molecule has 136 valence electrons. The van der Waals surface area contributed by atoms with Crippen LogP contribution in [-0.4, -0.2) is 31.0 Å². The molecule has 0 bridgehead atoms. The molecule has 0 heterocycles. The van der Waals surface area contributed by atoms with E-state index in [0.29, 0.717) is 24.4 Å². The lowest BCUT2D eigenvalue weighted by Crippen LogP contribution is -2.38. The lowest BCUT2D eigenvalue weighted by atomic mass is 9.91. The number of rotatable bonds is 10. The highest BCUT2D eigenvalue weighted by atomic mass is 16.5. The molecule has 2 N–H and O–H groups in total. The zero-order valence-electron chi connectivity index (χ0n) is 15.6. The van der Waals surface area contributed by atoms with Crippen LogP contribution >= 0.6 is 0 Å². The van der Waals surface area contributed by atoms with E-state index < -0.39 is 0 Å². The second kappa shape index (κ2) is 12.0. The third-order valence-corrected chi connectivity index (χ3v) is 3.51. The van der Waals surface area contributed by atoms with Crippen molar-refractivity contribution in [1.29, 1.82) is 0 Å². The van der Waals surface area contributed by atoms with Gasteiger partial charge in [-0.1, -0.05) is 12.0 Å². The van der Waals surface area contributed by atoms with Gasteiger partial charge in [0.1, 0.15) is 11.9 Å². The smallest absolute Gasteiger partial charge is 0.134 e. The molecule has 0 aromatic rings. The Morgan fingerprint density at radius 3 is 2.50 bits per heavy atom. The van der Waals surface area contributed by atoms with Gasteiger partial charge in [-0.15, -0.1) is 5.92 Å². The van der Waals surface area contributed by atoms with Gasteiger partial charge in [0, 0.05) is 38.5 Å². The van der Waals surface area contributed by atoms with Crippen LogP contribution in [-0.2, 0) is 14.2 Å². The van der Waals surface area contributed by atoms with Crippen molar-refractivity contribution in [3.63, 3.8) is 0 Å². The summed E-state index contributed by atoms with van der Waals surface area (Å²) >= 11 is 0. The molecule has 1 fully saturated rings. The Balaban J connectivity index is 2.12. The van der Waals surface area contributed by atoms with Crippen molar-refractivity contribution < 1.29 is 14.2 Å². The van der Waals surface area contributed by atoms with E-state index in [2.05, 4.69) is 25.7 Å². The van der Waals surface area contributed by atoms with Crippen LogP contribution in [0.15, 0.2) is 24.1 Å². The minimum absolute atomic E-state index is 0.209. The summed E-state index contributed by atoms with van der Waals surface area (Å²) in [6.07, 6.45) is 10.9. The van der Waals surface area contributed by atoms with Crippen LogP contribution in [0.3, 0.4) is 0 Å². The van der Waals surface area contributed by atoms with Crippen molar-refractivity contribution in [2.24, 2.45) is 5.73 Å². The molecule has 0 unspecified atom stereocenters. The highest BCUT2D eigenvalue weighted by Crippen LogP contribution is 2.29. The van der Waals surface area contributed by atoms with Gasteiger partial charge in [-0.25, -0.2) is 0 Å². The third-order valence-electron chi connectivity index (χ3n) is 3.51. The van der Waals surface area contributed by atoms with E-state index >= 15 is 0 Å². The van der Waals surface area contributed by atoms with Gasteiger partial charge in [0.25, 0.3) is 0 Å². The maximum absolute atomic E-state index is 5.83. The van der Waals surface area contributed by atoms with Crippen LogP contribution in [0.2, 0.25) is 0 Å². The monoisotopic (exact) mass is 335 g/mol. The summed E-state index contributed by atoms with van der Waals surface area (Å²) in [5.74, 6) is 6.98. The Hall–Kier alpha value is -1.44. The number of hydrogen-bond acceptors (Lipinski definition) is 4. The Bertz CT molecular complexity index is 451. The predicted octanol–water partition coefficient (Wildman–Crippen LogP) is 3.91. The van der Waals surface area contributed by atoms with E-state index in [1.807, 2.05) is 26.0 Å². The Morgan fingerprint density at radius 2 is 1.88 bits per heavy atom. The summed E-state index contributed by atoms with van der Waals surface area (Å²) in [4.78, 5) is 0. The highest BCUT2D eigenvalue weighted by Gasteiger charge is 2.32. The summed E-state index contributed by atoms with van der Waals surface area (Å²) in [7, 11) is 0. The quantitative estimate of drug-likeness (QED) is 0.285. The lowest BCUT2D eigenvalue weighted by Gasteiger charge is -2.36.